The fourth-order valence-electron chi connectivity index (χ4n) is 2.46. The lowest BCUT2D eigenvalue weighted by atomic mass is 10.0. The largest absolute Gasteiger partial charge is 0.383 e. The minimum atomic E-state index is -0.628. The van der Waals surface area contributed by atoms with Crippen molar-refractivity contribution in [2.24, 2.45) is 5.73 Å². The molecular formula is C15H23ClN2O3. The van der Waals surface area contributed by atoms with E-state index in [1.165, 1.54) is 0 Å². The number of hydrogen-bond acceptors (Lipinski definition) is 4. The predicted octanol–water partition coefficient (Wildman–Crippen LogP) is 1.37. The smallest absolute Gasteiger partial charge is 0.242 e. The average Bonchev–Trinajstić information content (AvgIpc) is 2.47. The molecule has 21 heavy (non-hydrogen) atoms. The third-order valence-corrected chi connectivity index (χ3v) is 3.50. The van der Waals surface area contributed by atoms with Crippen molar-refractivity contribution in [3.63, 3.8) is 0 Å². The van der Waals surface area contributed by atoms with Gasteiger partial charge in [-0.2, -0.15) is 0 Å². The van der Waals surface area contributed by atoms with Gasteiger partial charge >= 0.3 is 0 Å². The van der Waals surface area contributed by atoms with Crippen LogP contribution in [0, 0.1) is 0 Å². The molecule has 2 rings (SSSR count). The number of nitrogens with zero attached hydrogens (tertiary/aromatic N) is 1. The zero-order valence-electron chi connectivity index (χ0n) is 12.4. The summed E-state index contributed by atoms with van der Waals surface area (Å²) >= 11 is 0. The molecule has 1 aromatic rings. The molecule has 0 saturated carbocycles. The van der Waals surface area contributed by atoms with Crippen molar-refractivity contribution in [1.29, 1.82) is 0 Å². The van der Waals surface area contributed by atoms with Crippen LogP contribution in [-0.2, 0) is 14.3 Å². The Labute approximate surface area is 131 Å². The molecule has 1 fully saturated rings. The third-order valence-electron chi connectivity index (χ3n) is 3.50. The standard InChI is InChI=1S/C15H22N2O3.ClH/c1-11-8-17(15(18)13(16)9-19-2)14(10-20-11)12-6-4-3-5-7-12;/h3-7,11,13-14H,8-10,16H2,1-2H3;1H. The number of rotatable bonds is 4. The Kier molecular flexibility index (Phi) is 7.11. The van der Waals surface area contributed by atoms with Crippen molar-refractivity contribution >= 4 is 18.3 Å². The van der Waals surface area contributed by atoms with Gasteiger partial charge in [0.15, 0.2) is 0 Å². The van der Waals surface area contributed by atoms with E-state index >= 15 is 0 Å². The Morgan fingerprint density at radius 1 is 1.48 bits per heavy atom. The second-order valence-electron chi connectivity index (χ2n) is 5.12. The molecule has 2 N–H and O–H groups in total. The maximum absolute atomic E-state index is 12.5. The summed E-state index contributed by atoms with van der Waals surface area (Å²) < 4.78 is 10.7. The van der Waals surface area contributed by atoms with Crippen LogP contribution in [0.2, 0.25) is 0 Å². The lowest BCUT2D eigenvalue weighted by Crippen LogP contribution is -2.53. The fourth-order valence-corrected chi connectivity index (χ4v) is 2.46. The van der Waals surface area contributed by atoms with E-state index in [0.717, 1.165) is 5.56 Å². The SMILES string of the molecule is COCC(N)C(=O)N1CC(C)OCC1c1ccccc1.Cl. The van der Waals surface area contributed by atoms with Crippen LogP contribution in [0.15, 0.2) is 30.3 Å². The Morgan fingerprint density at radius 2 is 2.14 bits per heavy atom. The number of benzene rings is 1. The van der Waals surface area contributed by atoms with Gasteiger partial charge in [0, 0.05) is 13.7 Å². The highest BCUT2D eigenvalue weighted by Crippen LogP contribution is 2.26. The number of halogens is 1. The summed E-state index contributed by atoms with van der Waals surface area (Å²) in [5.74, 6) is -0.0872. The molecule has 0 aliphatic carbocycles. The summed E-state index contributed by atoms with van der Waals surface area (Å²) in [6.07, 6.45) is 0.0219. The monoisotopic (exact) mass is 314 g/mol. The van der Waals surface area contributed by atoms with Gasteiger partial charge < -0.3 is 20.1 Å². The minimum Gasteiger partial charge on any atom is -0.383 e. The van der Waals surface area contributed by atoms with E-state index in [4.69, 9.17) is 15.2 Å². The molecule has 5 nitrogen and oxygen atoms in total. The van der Waals surface area contributed by atoms with Gasteiger partial charge in [-0.25, -0.2) is 0 Å². The maximum atomic E-state index is 12.5. The van der Waals surface area contributed by atoms with Crippen LogP contribution in [0.3, 0.4) is 0 Å². The third kappa shape index (κ3) is 4.41. The number of ether oxygens (including phenoxy) is 2. The zero-order chi connectivity index (χ0) is 14.5. The van der Waals surface area contributed by atoms with Crippen LogP contribution in [0.5, 0.6) is 0 Å². The predicted molar refractivity (Wildman–Crippen MR) is 83.4 cm³/mol. The second-order valence-corrected chi connectivity index (χ2v) is 5.12. The highest BCUT2D eigenvalue weighted by molar-refractivity contribution is 5.85. The molecule has 1 aliphatic rings. The van der Waals surface area contributed by atoms with Gasteiger partial charge in [0.2, 0.25) is 5.91 Å². The van der Waals surface area contributed by atoms with E-state index < -0.39 is 6.04 Å². The minimum absolute atomic E-state index is 0. The molecule has 118 valence electrons. The van der Waals surface area contributed by atoms with Crippen molar-refractivity contribution in [2.45, 2.75) is 25.1 Å². The number of hydrogen-bond donors (Lipinski definition) is 1. The van der Waals surface area contributed by atoms with E-state index in [2.05, 4.69) is 0 Å². The molecule has 1 amide bonds. The van der Waals surface area contributed by atoms with E-state index in [1.807, 2.05) is 42.2 Å². The average molecular weight is 315 g/mol. The van der Waals surface area contributed by atoms with Crippen molar-refractivity contribution in [3.05, 3.63) is 35.9 Å². The molecule has 0 bridgehead atoms. The molecule has 1 saturated heterocycles. The summed E-state index contributed by atoms with van der Waals surface area (Å²) in [7, 11) is 1.55. The molecule has 1 heterocycles. The summed E-state index contributed by atoms with van der Waals surface area (Å²) in [5.41, 5.74) is 6.95. The van der Waals surface area contributed by atoms with Crippen LogP contribution in [0.4, 0.5) is 0 Å². The first kappa shape index (κ1) is 17.9. The van der Waals surface area contributed by atoms with Crippen molar-refractivity contribution in [3.8, 4) is 0 Å². The number of carbonyl (C=O) groups is 1. The van der Waals surface area contributed by atoms with Crippen molar-refractivity contribution in [2.75, 3.05) is 26.9 Å². The molecule has 0 spiro atoms. The normalized spacial score (nSPS) is 23.3. The van der Waals surface area contributed by atoms with Gasteiger partial charge in [0.25, 0.3) is 0 Å². The topological polar surface area (TPSA) is 64.8 Å². The maximum Gasteiger partial charge on any atom is 0.242 e. The Hall–Kier alpha value is -1.14. The molecule has 0 aromatic heterocycles. The number of morpholine rings is 1. The molecule has 0 radical (unpaired) electrons. The van der Waals surface area contributed by atoms with Gasteiger partial charge in [-0.1, -0.05) is 30.3 Å². The van der Waals surface area contributed by atoms with E-state index in [9.17, 15) is 4.79 Å². The highest BCUT2D eigenvalue weighted by atomic mass is 35.5. The van der Waals surface area contributed by atoms with Crippen LogP contribution in [-0.4, -0.2) is 49.8 Å². The summed E-state index contributed by atoms with van der Waals surface area (Å²) in [6, 6.07) is 9.19. The molecule has 1 aliphatic heterocycles. The molecular weight excluding hydrogens is 292 g/mol. The number of methoxy groups -OCH3 is 1. The Morgan fingerprint density at radius 3 is 2.76 bits per heavy atom. The summed E-state index contributed by atoms with van der Waals surface area (Å²) in [5, 5.41) is 0. The van der Waals surface area contributed by atoms with E-state index in [1.54, 1.807) is 7.11 Å². The lowest BCUT2D eigenvalue weighted by Gasteiger charge is -2.40. The van der Waals surface area contributed by atoms with Gasteiger partial charge in [-0.3, -0.25) is 4.79 Å². The molecule has 3 atom stereocenters. The van der Waals surface area contributed by atoms with Gasteiger partial charge in [-0.05, 0) is 12.5 Å². The molecule has 3 unspecified atom stereocenters. The van der Waals surface area contributed by atoms with Crippen molar-refractivity contribution < 1.29 is 14.3 Å². The Bertz CT molecular complexity index is 444. The van der Waals surface area contributed by atoms with Crippen molar-refractivity contribution in [1.82, 2.24) is 4.90 Å². The van der Waals surface area contributed by atoms with Crippen LogP contribution < -0.4 is 5.73 Å². The first-order valence-corrected chi connectivity index (χ1v) is 6.85. The number of amides is 1. The lowest BCUT2D eigenvalue weighted by molar-refractivity contribution is -0.147. The van der Waals surface area contributed by atoms with Gasteiger partial charge in [0.1, 0.15) is 6.04 Å². The zero-order valence-corrected chi connectivity index (χ0v) is 13.2. The summed E-state index contributed by atoms with van der Waals surface area (Å²) in [4.78, 5) is 14.3. The Balaban J connectivity index is 0.00000220. The number of nitrogens with two attached hydrogens (primary N) is 1. The second kappa shape index (κ2) is 8.34. The first-order valence-electron chi connectivity index (χ1n) is 6.85. The molecule has 1 aromatic carbocycles. The van der Waals surface area contributed by atoms with Crippen LogP contribution >= 0.6 is 12.4 Å². The van der Waals surface area contributed by atoms with Gasteiger partial charge in [-0.15, -0.1) is 12.4 Å². The first-order chi connectivity index (χ1) is 9.63. The van der Waals surface area contributed by atoms with Crippen LogP contribution in [0.1, 0.15) is 18.5 Å². The van der Waals surface area contributed by atoms with E-state index in [-0.39, 0.29) is 37.1 Å². The quantitative estimate of drug-likeness (QED) is 0.911. The summed E-state index contributed by atoms with van der Waals surface area (Å²) in [6.45, 7) is 3.24. The number of carbonyl (C=O) groups excluding carboxylic acids is 1. The van der Waals surface area contributed by atoms with Gasteiger partial charge in [0.05, 0.1) is 25.4 Å². The van der Waals surface area contributed by atoms with E-state index in [0.29, 0.717) is 13.2 Å². The van der Waals surface area contributed by atoms with Crippen LogP contribution in [0.25, 0.3) is 0 Å². The molecule has 6 heteroatoms. The highest BCUT2D eigenvalue weighted by Gasteiger charge is 2.33. The fraction of sp³-hybridized carbons (Fsp3) is 0.533.